The van der Waals surface area contributed by atoms with Crippen LogP contribution in [-0.4, -0.2) is 35.6 Å². The molecule has 3 nitrogen and oxygen atoms in total. The van der Waals surface area contributed by atoms with Gasteiger partial charge in [-0.1, -0.05) is 0 Å². The lowest BCUT2D eigenvalue weighted by atomic mass is 9.82. The molecule has 2 rings (SSSR count). The summed E-state index contributed by atoms with van der Waals surface area (Å²) in [6.45, 7) is 12.4. The molecule has 2 aliphatic heterocycles. The van der Waals surface area contributed by atoms with Crippen molar-refractivity contribution in [3.05, 3.63) is 0 Å². The van der Waals surface area contributed by atoms with E-state index in [-0.39, 0.29) is 35.6 Å². The predicted octanol–water partition coefficient (Wildman–Crippen LogP) is 2.13. The zero-order valence-electron chi connectivity index (χ0n) is 10.5. The quantitative estimate of drug-likeness (QED) is 0.618. The van der Waals surface area contributed by atoms with Gasteiger partial charge in [0.2, 0.25) is 0 Å². The van der Waals surface area contributed by atoms with Crippen molar-refractivity contribution in [2.24, 2.45) is 0 Å². The molecule has 0 aliphatic carbocycles. The van der Waals surface area contributed by atoms with Crippen LogP contribution >= 0.6 is 0 Å². The molecule has 0 aromatic rings. The van der Waals surface area contributed by atoms with Crippen LogP contribution < -0.4 is 0 Å². The smallest absolute Gasteiger partial charge is 0.118 e. The molecule has 0 unspecified atom stereocenters. The zero-order chi connectivity index (χ0) is 11.4. The molecule has 0 spiro atoms. The molecule has 0 aromatic carbocycles. The van der Waals surface area contributed by atoms with Crippen LogP contribution in [0.25, 0.3) is 0 Å². The van der Waals surface area contributed by atoms with Gasteiger partial charge >= 0.3 is 0 Å². The highest BCUT2D eigenvalue weighted by Crippen LogP contribution is 2.45. The summed E-state index contributed by atoms with van der Waals surface area (Å²) in [5.41, 5.74) is -0.651. The summed E-state index contributed by atoms with van der Waals surface area (Å²) in [5, 5.41) is 0. The van der Waals surface area contributed by atoms with Crippen molar-refractivity contribution >= 4 is 0 Å². The van der Waals surface area contributed by atoms with E-state index in [4.69, 9.17) is 14.2 Å². The van der Waals surface area contributed by atoms with E-state index in [1.54, 1.807) is 0 Å². The molecule has 2 bridgehead atoms. The van der Waals surface area contributed by atoms with Gasteiger partial charge in [0.1, 0.15) is 11.2 Å². The van der Waals surface area contributed by atoms with E-state index in [0.29, 0.717) is 0 Å². The molecule has 0 radical (unpaired) electrons. The third kappa shape index (κ3) is 1.37. The van der Waals surface area contributed by atoms with E-state index in [1.807, 2.05) is 0 Å². The van der Waals surface area contributed by atoms with Crippen molar-refractivity contribution in [3.63, 3.8) is 0 Å². The highest BCUT2D eigenvalue weighted by Gasteiger charge is 2.59. The number of rotatable bonds is 0. The van der Waals surface area contributed by atoms with Crippen LogP contribution in [0.15, 0.2) is 0 Å². The molecule has 15 heavy (non-hydrogen) atoms. The highest BCUT2D eigenvalue weighted by atomic mass is 16.7. The minimum Gasteiger partial charge on any atom is -0.369 e. The Hall–Kier alpha value is -0.120. The average molecular weight is 214 g/mol. The standard InChI is InChI=1S/C12H22O3/c1-7-11(5)8(2)14-10(4)12(6,15-11)9(3)13-7/h7-10H,1-6H3/t7-,8-,9-,10-,11?,12?/m1/s1. The summed E-state index contributed by atoms with van der Waals surface area (Å²) in [6.07, 6.45) is 0.289. The fourth-order valence-electron chi connectivity index (χ4n) is 2.62. The molecule has 88 valence electrons. The lowest BCUT2D eigenvalue weighted by Gasteiger charge is -2.60. The minimum absolute atomic E-state index is 0.0723. The Balaban J connectivity index is 2.36. The molecular weight excluding hydrogens is 192 g/mol. The van der Waals surface area contributed by atoms with E-state index in [1.165, 1.54) is 0 Å². The summed E-state index contributed by atoms with van der Waals surface area (Å²) >= 11 is 0. The van der Waals surface area contributed by atoms with Crippen molar-refractivity contribution in [2.75, 3.05) is 0 Å². The average Bonchev–Trinajstić information content (AvgIpc) is 2.13. The third-order valence-corrected chi connectivity index (χ3v) is 4.49. The van der Waals surface area contributed by atoms with Crippen molar-refractivity contribution in [1.82, 2.24) is 0 Å². The Morgan fingerprint density at radius 2 is 0.933 bits per heavy atom. The second kappa shape index (κ2) is 3.19. The monoisotopic (exact) mass is 214 g/mol. The molecule has 4 atom stereocenters. The summed E-state index contributed by atoms with van der Waals surface area (Å²) in [5.74, 6) is 0. The maximum absolute atomic E-state index is 6.30. The largest absolute Gasteiger partial charge is 0.369 e. The summed E-state index contributed by atoms with van der Waals surface area (Å²) < 4.78 is 18.3. The molecule has 0 saturated carbocycles. The second-order valence-corrected chi connectivity index (χ2v) is 5.31. The first-order chi connectivity index (χ1) is 6.80. The van der Waals surface area contributed by atoms with Gasteiger partial charge in [0.05, 0.1) is 24.4 Å². The number of ether oxygens (including phenoxy) is 3. The van der Waals surface area contributed by atoms with E-state index >= 15 is 0 Å². The SMILES string of the molecule is C[C@H]1O[C@H](C)C2(C)OC1(C)[C@@H](C)O[C@@H]2C. The van der Waals surface area contributed by atoms with Crippen LogP contribution in [0.3, 0.4) is 0 Å². The highest BCUT2D eigenvalue weighted by molar-refractivity contribution is 5.05. The molecule has 3 heteroatoms. The first-order valence-electron chi connectivity index (χ1n) is 5.82. The van der Waals surface area contributed by atoms with Crippen LogP contribution in [0, 0.1) is 0 Å². The van der Waals surface area contributed by atoms with E-state index < -0.39 is 0 Å². The number of hydrogen-bond donors (Lipinski definition) is 0. The van der Waals surface area contributed by atoms with Crippen molar-refractivity contribution in [2.45, 2.75) is 77.2 Å². The third-order valence-electron chi connectivity index (χ3n) is 4.49. The second-order valence-electron chi connectivity index (χ2n) is 5.31. The van der Waals surface area contributed by atoms with Crippen LogP contribution in [0.2, 0.25) is 0 Å². The Bertz CT molecular complexity index is 222. The normalized spacial score (nSPS) is 60.4. The van der Waals surface area contributed by atoms with Gasteiger partial charge < -0.3 is 14.2 Å². The molecule has 2 fully saturated rings. The summed E-state index contributed by atoms with van der Waals surface area (Å²) in [7, 11) is 0. The zero-order valence-corrected chi connectivity index (χ0v) is 10.5. The molecule has 0 amide bonds. The summed E-state index contributed by atoms with van der Waals surface area (Å²) in [4.78, 5) is 0. The predicted molar refractivity (Wildman–Crippen MR) is 57.9 cm³/mol. The van der Waals surface area contributed by atoms with Gasteiger partial charge in [-0.2, -0.15) is 0 Å². The number of hydrogen-bond acceptors (Lipinski definition) is 3. The van der Waals surface area contributed by atoms with E-state index in [2.05, 4.69) is 41.5 Å². The minimum atomic E-state index is -0.326. The fourth-order valence-corrected chi connectivity index (χ4v) is 2.62. The van der Waals surface area contributed by atoms with Crippen molar-refractivity contribution in [1.29, 1.82) is 0 Å². The Morgan fingerprint density at radius 3 is 1.20 bits per heavy atom. The van der Waals surface area contributed by atoms with Gasteiger partial charge in [0.15, 0.2) is 0 Å². The molecule has 0 aromatic heterocycles. The fraction of sp³-hybridized carbons (Fsp3) is 1.00. The van der Waals surface area contributed by atoms with Gasteiger partial charge in [0.25, 0.3) is 0 Å². The van der Waals surface area contributed by atoms with Gasteiger partial charge in [0, 0.05) is 0 Å². The van der Waals surface area contributed by atoms with Crippen LogP contribution in [0.5, 0.6) is 0 Å². The Kier molecular flexibility index (Phi) is 2.42. The van der Waals surface area contributed by atoms with E-state index in [0.717, 1.165) is 0 Å². The maximum Gasteiger partial charge on any atom is 0.118 e. The van der Waals surface area contributed by atoms with Crippen molar-refractivity contribution < 1.29 is 14.2 Å². The Morgan fingerprint density at radius 1 is 0.667 bits per heavy atom. The van der Waals surface area contributed by atoms with E-state index in [9.17, 15) is 0 Å². The number of fused-ring (bicyclic) bond motifs is 2. The van der Waals surface area contributed by atoms with Gasteiger partial charge in [-0.15, -0.1) is 0 Å². The first-order valence-corrected chi connectivity index (χ1v) is 5.82. The van der Waals surface area contributed by atoms with Gasteiger partial charge in [-0.05, 0) is 41.5 Å². The lowest BCUT2D eigenvalue weighted by molar-refractivity contribution is -0.386. The first kappa shape index (κ1) is 11.4. The van der Waals surface area contributed by atoms with Gasteiger partial charge in [-0.25, -0.2) is 0 Å². The van der Waals surface area contributed by atoms with Crippen LogP contribution in [0.1, 0.15) is 41.5 Å². The molecule has 2 heterocycles. The Labute approximate surface area is 92.1 Å². The van der Waals surface area contributed by atoms with Crippen LogP contribution in [0.4, 0.5) is 0 Å². The lowest BCUT2D eigenvalue weighted by Crippen LogP contribution is -2.72. The molecule has 2 aliphatic rings. The topological polar surface area (TPSA) is 27.7 Å². The molecular formula is C12H22O3. The maximum atomic E-state index is 6.30. The summed E-state index contributed by atoms with van der Waals surface area (Å²) in [6, 6.07) is 0. The molecule has 0 N–H and O–H groups in total. The molecule has 2 saturated heterocycles. The van der Waals surface area contributed by atoms with Gasteiger partial charge in [-0.3, -0.25) is 0 Å². The van der Waals surface area contributed by atoms with Crippen molar-refractivity contribution in [3.8, 4) is 0 Å². The van der Waals surface area contributed by atoms with Crippen LogP contribution in [-0.2, 0) is 14.2 Å².